The number of pyridine rings is 1. The summed E-state index contributed by atoms with van der Waals surface area (Å²) >= 11 is 0. The molecule has 0 saturated carbocycles. The van der Waals surface area contributed by atoms with Gasteiger partial charge < -0.3 is 16.0 Å². The number of hydrogen-bond acceptors (Lipinski definition) is 4. The second-order valence-electron chi connectivity index (χ2n) is 7.32. The summed E-state index contributed by atoms with van der Waals surface area (Å²) in [5.41, 5.74) is 12.7. The van der Waals surface area contributed by atoms with E-state index in [1.165, 1.54) is 5.57 Å². The van der Waals surface area contributed by atoms with Crippen LogP contribution in [0, 0.1) is 13.8 Å². The Bertz CT molecular complexity index is 894. The molecule has 0 fully saturated rings. The lowest BCUT2D eigenvalue weighted by Crippen LogP contribution is -2.41. The second kappa shape index (κ2) is 8.42. The molecule has 1 unspecified atom stereocenters. The smallest absolute Gasteiger partial charge is 0.219 e. The van der Waals surface area contributed by atoms with Crippen LogP contribution in [0.1, 0.15) is 36.7 Å². The van der Waals surface area contributed by atoms with Gasteiger partial charge in [-0.2, -0.15) is 0 Å². The molecule has 6 nitrogen and oxygen atoms in total. The third-order valence-electron chi connectivity index (χ3n) is 5.32. The summed E-state index contributed by atoms with van der Waals surface area (Å²) in [5, 5.41) is 3.21. The van der Waals surface area contributed by atoms with Crippen LogP contribution in [0.15, 0.2) is 46.6 Å². The fourth-order valence-electron chi connectivity index (χ4n) is 3.70. The minimum absolute atomic E-state index is 0.000717. The van der Waals surface area contributed by atoms with E-state index in [-0.39, 0.29) is 11.9 Å². The van der Waals surface area contributed by atoms with E-state index in [2.05, 4.69) is 34.6 Å². The minimum Gasteiger partial charge on any atom is -0.391 e. The average Bonchev–Trinajstić information content (AvgIpc) is 2.68. The fraction of sp³-hybridized carbons (Fsp3) is 0.409. The Morgan fingerprint density at radius 3 is 2.75 bits per heavy atom. The van der Waals surface area contributed by atoms with E-state index in [1.807, 2.05) is 27.0 Å². The van der Waals surface area contributed by atoms with E-state index >= 15 is 0 Å². The average molecular weight is 380 g/mol. The lowest BCUT2D eigenvalue weighted by Gasteiger charge is -2.30. The van der Waals surface area contributed by atoms with E-state index in [4.69, 9.17) is 10.7 Å². The molecule has 6 heteroatoms. The van der Waals surface area contributed by atoms with Crippen LogP contribution in [-0.4, -0.2) is 47.8 Å². The van der Waals surface area contributed by atoms with Gasteiger partial charge >= 0.3 is 0 Å². The number of amides is 1. The van der Waals surface area contributed by atoms with Gasteiger partial charge in [0, 0.05) is 55.2 Å². The normalized spacial score (nSPS) is 20.3. The summed E-state index contributed by atoms with van der Waals surface area (Å²) in [6.45, 7) is 6.85. The lowest BCUT2D eigenvalue weighted by molar-refractivity contribution is -0.128. The van der Waals surface area contributed by atoms with Crippen LogP contribution in [-0.2, 0) is 4.79 Å². The summed E-state index contributed by atoms with van der Waals surface area (Å²) in [4.78, 5) is 22.8. The summed E-state index contributed by atoms with van der Waals surface area (Å²) in [6.07, 6.45) is 7.94. The minimum atomic E-state index is 0.000717. The van der Waals surface area contributed by atoms with E-state index < -0.39 is 0 Å². The molecule has 0 saturated heterocycles. The number of aromatic nitrogens is 1. The second-order valence-corrected chi connectivity index (χ2v) is 7.32. The van der Waals surface area contributed by atoms with Crippen LogP contribution in [0.3, 0.4) is 0 Å². The van der Waals surface area contributed by atoms with Crippen LogP contribution in [0.25, 0.3) is 5.57 Å². The first-order chi connectivity index (χ1) is 13.4. The van der Waals surface area contributed by atoms with Crippen molar-refractivity contribution in [3.63, 3.8) is 0 Å². The van der Waals surface area contributed by atoms with Gasteiger partial charge in [-0.05, 0) is 31.9 Å². The number of rotatable bonds is 4. The highest BCUT2D eigenvalue weighted by Gasteiger charge is 2.23. The number of aryl methyl sites for hydroxylation is 2. The van der Waals surface area contributed by atoms with Crippen molar-refractivity contribution in [3.8, 4) is 0 Å². The van der Waals surface area contributed by atoms with Gasteiger partial charge in [0.15, 0.2) is 0 Å². The maximum atomic E-state index is 11.7. The summed E-state index contributed by atoms with van der Waals surface area (Å²) < 4.78 is 0. The topological polar surface area (TPSA) is 83.6 Å². The predicted molar refractivity (Wildman–Crippen MR) is 114 cm³/mol. The molecule has 2 heterocycles. The van der Waals surface area contributed by atoms with Crippen molar-refractivity contribution in [1.82, 2.24) is 15.2 Å². The monoisotopic (exact) mass is 379 g/mol. The third kappa shape index (κ3) is 4.32. The maximum Gasteiger partial charge on any atom is 0.219 e. The number of nitrogens with zero attached hydrogens (tertiary/aromatic N) is 3. The zero-order valence-corrected chi connectivity index (χ0v) is 17.1. The first-order valence-corrected chi connectivity index (χ1v) is 9.71. The highest BCUT2D eigenvalue weighted by molar-refractivity contribution is 5.99. The Balaban J connectivity index is 1.76. The number of nitrogens with one attached hydrogen (secondary N) is 1. The zero-order valence-electron chi connectivity index (χ0n) is 17.1. The fourth-order valence-corrected chi connectivity index (χ4v) is 3.70. The highest BCUT2D eigenvalue weighted by Crippen LogP contribution is 2.25. The molecule has 1 aromatic rings. The van der Waals surface area contributed by atoms with Gasteiger partial charge in [-0.15, -0.1) is 0 Å². The maximum absolute atomic E-state index is 11.7. The van der Waals surface area contributed by atoms with Crippen molar-refractivity contribution in [3.05, 3.63) is 58.6 Å². The molecule has 2 aliphatic rings. The quantitative estimate of drug-likeness (QED) is 0.622. The molecule has 0 radical (unpaired) electrons. The van der Waals surface area contributed by atoms with E-state index in [0.717, 1.165) is 41.1 Å². The van der Waals surface area contributed by atoms with Crippen LogP contribution >= 0.6 is 0 Å². The summed E-state index contributed by atoms with van der Waals surface area (Å²) in [5.74, 6) is 0.572. The Kier molecular flexibility index (Phi) is 5.97. The van der Waals surface area contributed by atoms with Crippen molar-refractivity contribution in [2.45, 2.75) is 39.7 Å². The van der Waals surface area contributed by atoms with Gasteiger partial charge in [-0.3, -0.25) is 14.8 Å². The van der Waals surface area contributed by atoms with Crippen molar-refractivity contribution >= 4 is 17.3 Å². The Morgan fingerprint density at radius 1 is 1.36 bits per heavy atom. The van der Waals surface area contributed by atoms with Crippen molar-refractivity contribution in [1.29, 1.82) is 0 Å². The van der Waals surface area contributed by atoms with Gasteiger partial charge in [0.2, 0.25) is 5.91 Å². The Hall–Kier alpha value is -2.89. The zero-order chi connectivity index (χ0) is 20.3. The molecule has 1 aliphatic heterocycles. The van der Waals surface area contributed by atoms with Gasteiger partial charge in [-0.1, -0.05) is 24.3 Å². The Labute approximate surface area is 166 Å². The predicted octanol–water partition coefficient (Wildman–Crippen LogP) is 2.49. The molecule has 3 N–H and O–H groups in total. The Morgan fingerprint density at radius 2 is 2.14 bits per heavy atom. The van der Waals surface area contributed by atoms with E-state index in [9.17, 15) is 4.79 Å². The van der Waals surface area contributed by atoms with Crippen LogP contribution in [0.4, 0.5) is 0 Å². The van der Waals surface area contributed by atoms with Gasteiger partial charge in [0.1, 0.15) is 5.84 Å². The van der Waals surface area contributed by atoms with Gasteiger partial charge in [0.05, 0.1) is 12.6 Å². The van der Waals surface area contributed by atoms with Gasteiger partial charge in [0.25, 0.3) is 0 Å². The number of carbonyl (C=O) groups is 1. The number of aliphatic imine (C=N–C) groups is 1. The van der Waals surface area contributed by atoms with Crippen LogP contribution in [0.2, 0.25) is 0 Å². The number of nitrogens with two attached hydrogens (primary N) is 1. The molecule has 148 valence electrons. The number of carbonyl (C=O) groups excluding carboxylic acids is 1. The molecule has 1 aliphatic carbocycles. The molecular formula is C22H29N5O. The SMILES string of the molecule is CNC1=C(C(N)=NC2C=CC(c3ccc(C)nc3C)=CC2)CN(C(C)=O)CC1. The molecule has 0 bridgehead atoms. The van der Waals surface area contributed by atoms with E-state index in [1.54, 1.807) is 11.8 Å². The highest BCUT2D eigenvalue weighted by atomic mass is 16.2. The first-order valence-electron chi connectivity index (χ1n) is 9.71. The molecule has 0 spiro atoms. The summed E-state index contributed by atoms with van der Waals surface area (Å²) in [7, 11) is 1.89. The third-order valence-corrected chi connectivity index (χ3v) is 5.32. The molecule has 0 aromatic carbocycles. The number of allylic oxidation sites excluding steroid dienone is 2. The molecule has 1 atom stereocenters. The lowest BCUT2D eigenvalue weighted by atomic mass is 9.96. The van der Waals surface area contributed by atoms with E-state index in [0.29, 0.717) is 18.9 Å². The molecule has 3 rings (SSSR count). The van der Waals surface area contributed by atoms with Crippen molar-refractivity contribution in [2.24, 2.45) is 10.7 Å². The van der Waals surface area contributed by atoms with Crippen LogP contribution < -0.4 is 11.1 Å². The standard InChI is InChI=1S/C22H29N5O/c1-14-5-10-19(15(2)25-14)17-6-8-18(9-7-17)26-22(23)20-13-27(16(3)28)12-11-21(20)24-4/h5-8,10,18,24H,9,11-13H2,1-4H3,(H2,23,26). The van der Waals surface area contributed by atoms with Crippen molar-refractivity contribution in [2.75, 3.05) is 20.1 Å². The largest absolute Gasteiger partial charge is 0.391 e. The summed E-state index contributed by atoms with van der Waals surface area (Å²) in [6, 6.07) is 4.16. The molecule has 28 heavy (non-hydrogen) atoms. The molecular weight excluding hydrogens is 350 g/mol. The van der Waals surface area contributed by atoms with Crippen molar-refractivity contribution < 1.29 is 4.79 Å². The molecule has 1 amide bonds. The first kappa shape index (κ1) is 19.9. The van der Waals surface area contributed by atoms with Crippen LogP contribution in [0.5, 0.6) is 0 Å². The van der Waals surface area contributed by atoms with Gasteiger partial charge in [-0.25, -0.2) is 0 Å². The number of amidine groups is 1. The number of hydrogen-bond donors (Lipinski definition) is 2. The molecule has 1 aromatic heterocycles.